The molecule has 1 aliphatic heterocycles. The summed E-state index contributed by atoms with van der Waals surface area (Å²) >= 11 is 1.79. The first-order valence-electron chi connectivity index (χ1n) is 6.71. The smallest absolute Gasteiger partial charge is 0.0450 e. The summed E-state index contributed by atoms with van der Waals surface area (Å²) < 4.78 is 0. The Balaban J connectivity index is 2.16. The van der Waals surface area contributed by atoms with Crippen molar-refractivity contribution in [3.63, 3.8) is 0 Å². The van der Waals surface area contributed by atoms with Crippen molar-refractivity contribution in [2.24, 2.45) is 0 Å². The Morgan fingerprint density at radius 3 is 2.68 bits per heavy atom. The molecule has 0 spiro atoms. The van der Waals surface area contributed by atoms with Crippen molar-refractivity contribution in [3.05, 3.63) is 53.6 Å². The van der Waals surface area contributed by atoms with Gasteiger partial charge in [0, 0.05) is 28.2 Å². The maximum absolute atomic E-state index is 4.29. The van der Waals surface area contributed by atoms with Gasteiger partial charge in [-0.2, -0.15) is 0 Å². The molecule has 0 atom stereocenters. The molecule has 1 nitrogen and oxygen atoms in total. The van der Waals surface area contributed by atoms with Gasteiger partial charge in [-0.25, -0.2) is 0 Å². The Labute approximate surface area is 119 Å². The monoisotopic (exact) mass is 269 g/mol. The number of hydrogen-bond acceptors (Lipinski definition) is 2. The Hall–Kier alpha value is -1.54. The zero-order valence-corrected chi connectivity index (χ0v) is 12.6. The van der Waals surface area contributed by atoms with E-state index in [9.17, 15) is 0 Å². The van der Waals surface area contributed by atoms with Gasteiger partial charge in [0.2, 0.25) is 0 Å². The molecule has 0 aliphatic carbocycles. The molecule has 2 heterocycles. The van der Waals surface area contributed by atoms with Gasteiger partial charge in [0.15, 0.2) is 0 Å². The molecular formula is C17H19NS. The van der Waals surface area contributed by atoms with Gasteiger partial charge in [0.1, 0.15) is 0 Å². The van der Waals surface area contributed by atoms with Gasteiger partial charge in [-0.15, -0.1) is 11.3 Å². The van der Waals surface area contributed by atoms with E-state index in [0.717, 1.165) is 6.54 Å². The third kappa shape index (κ3) is 1.74. The van der Waals surface area contributed by atoms with Crippen LogP contribution in [0.3, 0.4) is 0 Å². The molecule has 0 fully saturated rings. The first kappa shape index (κ1) is 12.5. The van der Waals surface area contributed by atoms with Crippen molar-refractivity contribution in [2.75, 3.05) is 11.4 Å². The van der Waals surface area contributed by atoms with Crippen molar-refractivity contribution in [1.82, 2.24) is 0 Å². The van der Waals surface area contributed by atoms with E-state index in [-0.39, 0.29) is 5.41 Å². The van der Waals surface area contributed by atoms with Gasteiger partial charge in [-0.05, 0) is 41.6 Å². The second kappa shape index (κ2) is 4.24. The number of allylic oxidation sites excluding steroid dienone is 1. The lowest BCUT2D eigenvalue weighted by atomic mass is 9.84. The zero-order chi connectivity index (χ0) is 13.6. The van der Waals surface area contributed by atoms with E-state index in [4.69, 9.17) is 0 Å². The Bertz CT molecular complexity index is 623. The summed E-state index contributed by atoms with van der Waals surface area (Å²) in [5, 5.41) is 2.13. The van der Waals surface area contributed by atoms with E-state index in [0.29, 0.717) is 0 Å². The fraction of sp³-hybridized carbons (Fsp3) is 0.294. The van der Waals surface area contributed by atoms with Crippen molar-refractivity contribution < 1.29 is 0 Å². The van der Waals surface area contributed by atoms with E-state index in [1.54, 1.807) is 11.3 Å². The van der Waals surface area contributed by atoms with Crippen molar-refractivity contribution in [2.45, 2.75) is 26.2 Å². The minimum atomic E-state index is 0.0264. The van der Waals surface area contributed by atoms with Crippen molar-refractivity contribution in [1.29, 1.82) is 0 Å². The third-order valence-corrected chi connectivity index (χ3v) is 5.05. The topological polar surface area (TPSA) is 3.24 Å². The molecule has 3 rings (SSSR count). The fourth-order valence-corrected chi connectivity index (χ4v) is 3.59. The lowest BCUT2D eigenvalue weighted by molar-refractivity contribution is 0.637. The second-order valence-corrected chi connectivity index (χ2v) is 6.47. The summed E-state index contributed by atoms with van der Waals surface area (Å²) in [5.41, 5.74) is 5.25. The molecule has 0 bridgehead atoms. The molecule has 2 aromatic rings. The largest absolute Gasteiger partial charge is 0.345 e. The first-order valence-corrected chi connectivity index (χ1v) is 7.59. The molecule has 0 amide bonds. The summed E-state index contributed by atoms with van der Waals surface area (Å²) in [5.74, 6) is 0. The van der Waals surface area contributed by atoms with Gasteiger partial charge in [-0.3, -0.25) is 0 Å². The van der Waals surface area contributed by atoms with Crippen LogP contribution >= 0.6 is 11.3 Å². The summed E-state index contributed by atoms with van der Waals surface area (Å²) in [6.45, 7) is 12.0. The first-order chi connectivity index (χ1) is 9.05. The van der Waals surface area contributed by atoms with Crippen LogP contribution in [0.2, 0.25) is 0 Å². The number of hydrogen-bond donors (Lipinski definition) is 0. The molecule has 0 saturated heterocycles. The van der Waals surface area contributed by atoms with Crippen LogP contribution in [-0.4, -0.2) is 6.54 Å². The minimum absolute atomic E-state index is 0.0264. The highest BCUT2D eigenvalue weighted by atomic mass is 32.1. The van der Waals surface area contributed by atoms with Gasteiger partial charge < -0.3 is 4.90 Å². The number of thiophene rings is 1. The number of nitrogens with zero attached hydrogens (tertiary/aromatic N) is 1. The third-order valence-electron chi connectivity index (χ3n) is 4.13. The highest BCUT2D eigenvalue weighted by Gasteiger charge is 2.38. The van der Waals surface area contributed by atoms with Gasteiger partial charge in [0.05, 0.1) is 0 Å². The summed E-state index contributed by atoms with van der Waals surface area (Å²) in [6.07, 6.45) is 0. The number of rotatable bonds is 2. The van der Waals surface area contributed by atoms with Gasteiger partial charge in [-0.1, -0.05) is 32.6 Å². The average Bonchev–Trinajstić information content (AvgIpc) is 2.98. The molecule has 2 heteroatoms. The molecule has 1 aromatic carbocycles. The van der Waals surface area contributed by atoms with E-state index < -0.39 is 0 Å². The van der Waals surface area contributed by atoms with Gasteiger partial charge in [0.25, 0.3) is 0 Å². The van der Waals surface area contributed by atoms with E-state index >= 15 is 0 Å². The Kier molecular flexibility index (Phi) is 2.79. The van der Waals surface area contributed by atoms with Crippen molar-refractivity contribution >= 4 is 17.0 Å². The molecule has 1 aromatic heterocycles. The van der Waals surface area contributed by atoms with E-state index in [2.05, 4.69) is 68.0 Å². The van der Waals surface area contributed by atoms with Crippen LogP contribution in [-0.2, 0) is 5.41 Å². The summed E-state index contributed by atoms with van der Waals surface area (Å²) in [6, 6.07) is 11.1. The maximum atomic E-state index is 4.29. The molecule has 0 N–H and O–H groups in total. The molecular weight excluding hydrogens is 250 g/mol. The van der Waals surface area contributed by atoms with Gasteiger partial charge >= 0.3 is 0 Å². The molecule has 1 aliphatic rings. The molecule has 19 heavy (non-hydrogen) atoms. The quantitative estimate of drug-likeness (QED) is 0.737. The average molecular weight is 269 g/mol. The normalized spacial score (nSPS) is 16.8. The SMILES string of the molecule is C=C1N(CC)c2ccc(-c3cccs3)cc2C1(C)C. The standard InChI is InChI=1S/C17H19NS/c1-5-18-12(2)17(3,4)14-11-13(8-9-15(14)18)16-7-6-10-19-16/h6-11H,2,5H2,1,3-4H3. The van der Waals surface area contributed by atoms with Crippen LogP contribution in [0, 0.1) is 0 Å². The molecule has 98 valence electrons. The number of anilines is 1. The number of fused-ring (bicyclic) bond motifs is 1. The molecule has 0 saturated carbocycles. The van der Waals surface area contributed by atoms with Crippen LogP contribution in [0.25, 0.3) is 10.4 Å². The maximum Gasteiger partial charge on any atom is 0.0450 e. The highest BCUT2D eigenvalue weighted by molar-refractivity contribution is 7.13. The predicted octanol–water partition coefficient (Wildman–Crippen LogP) is 5.05. The highest BCUT2D eigenvalue weighted by Crippen LogP contribution is 2.48. The van der Waals surface area contributed by atoms with E-state index in [1.807, 2.05) is 0 Å². The zero-order valence-electron chi connectivity index (χ0n) is 11.7. The van der Waals surface area contributed by atoms with Crippen LogP contribution in [0.4, 0.5) is 5.69 Å². The summed E-state index contributed by atoms with van der Waals surface area (Å²) in [4.78, 5) is 3.66. The Morgan fingerprint density at radius 1 is 1.26 bits per heavy atom. The lowest BCUT2D eigenvalue weighted by Gasteiger charge is -2.24. The molecule has 0 unspecified atom stereocenters. The van der Waals surface area contributed by atoms with Crippen LogP contribution in [0.15, 0.2) is 48.0 Å². The molecule has 0 radical (unpaired) electrons. The summed E-state index contributed by atoms with van der Waals surface area (Å²) in [7, 11) is 0. The Morgan fingerprint density at radius 2 is 2.05 bits per heavy atom. The van der Waals surface area contributed by atoms with Crippen LogP contribution in [0.1, 0.15) is 26.3 Å². The predicted molar refractivity (Wildman–Crippen MR) is 84.9 cm³/mol. The lowest BCUT2D eigenvalue weighted by Crippen LogP contribution is -2.24. The number of benzene rings is 1. The van der Waals surface area contributed by atoms with Crippen LogP contribution < -0.4 is 4.90 Å². The van der Waals surface area contributed by atoms with Crippen molar-refractivity contribution in [3.8, 4) is 10.4 Å². The van der Waals surface area contributed by atoms with Crippen LogP contribution in [0.5, 0.6) is 0 Å². The van der Waals surface area contributed by atoms with E-state index in [1.165, 1.54) is 27.4 Å². The minimum Gasteiger partial charge on any atom is -0.345 e. The number of likely N-dealkylation sites (N-methyl/N-ethyl adjacent to an activating group) is 1. The fourth-order valence-electron chi connectivity index (χ4n) is 2.87. The second-order valence-electron chi connectivity index (χ2n) is 5.53.